The van der Waals surface area contributed by atoms with Crippen LogP contribution in [-0.4, -0.2) is 4.57 Å². The molecule has 0 amide bonds. The third-order valence-electron chi connectivity index (χ3n) is 10.2. The second-order valence-corrected chi connectivity index (χ2v) is 13.0. The van der Waals surface area contributed by atoms with E-state index in [4.69, 9.17) is 0 Å². The lowest BCUT2D eigenvalue weighted by Crippen LogP contribution is -2.23. The topological polar surface area (TPSA) is 4.93 Å². The molecule has 0 unspecified atom stereocenters. The number of benzene rings is 6. The van der Waals surface area contributed by atoms with Crippen molar-refractivity contribution in [3.8, 4) is 27.9 Å². The summed E-state index contributed by atoms with van der Waals surface area (Å²) in [5.41, 5.74) is 14.7. The Bertz CT molecular complexity index is 2260. The summed E-state index contributed by atoms with van der Waals surface area (Å²) in [7, 11) is 0. The molecular formula is C40H31N. The molecule has 0 radical (unpaired) electrons. The number of hydrogen-bond acceptors (Lipinski definition) is 0. The second kappa shape index (κ2) is 7.56. The van der Waals surface area contributed by atoms with Gasteiger partial charge >= 0.3 is 0 Å². The summed E-state index contributed by atoms with van der Waals surface area (Å²) in [4.78, 5) is 0. The highest BCUT2D eigenvalue weighted by atomic mass is 15.0. The van der Waals surface area contributed by atoms with E-state index in [1.165, 1.54) is 82.8 Å². The zero-order chi connectivity index (χ0) is 27.7. The van der Waals surface area contributed by atoms with Gasteiger partial charge in [0, 0.05) is 32.9 Å². The zero-order valence-corrected chi connectivity index (χ0v) is 23.9. The van der Waals surface area contributed by atoms with Crippen LogP contribution in [0.4, 0.5) is 0 Å². The predicted octanol–water partition coefficient (Wildman–Crippen LogP) is 10.5. The molecule has 0 N–H and O–H groups in total. The molecule has 6 aromatic carbocycles. The maximum absolute atomic E-state index is 2.55. The summed E-state index contributed by atoms with van der Waals surface area (Å²) in [6.45, 7) is 9.50. The van der Waals surface area contributed by atoms with Gasteiger partial charge in [-0.05, 0) is 74.0 Å². The highest BCUT2D eigenvalue weighted by Crippen LogP contribution is 2.53. The van der Waals surface area contributed by atoms with E-state index in [0.29, 0.717) is 0 Å². The van der Waals surface area contributed by atoms with Crippen LogP contribution in [0.5, 0.6) is 0 Å². The summed E-state index contributed by atoms with van der Waals surface area (Å²) >= 11 is 0. The lowest BCUT2D eigenvalue weighted by atomic mass is 9.68. The van der Waals surface area contributed by atoms with Gasteiger partial charge < -0.3 is 4.57 Å². The normalized spacial score (nSPS) is 15.7. The van der Waals surface area contributed by atoms with Crippen molar-refractivity contribution in [2.75, 3.05) is 0 Å². The van der Waals surface area contributed by atoms with Crippen molar-refractivity contribution in [3.63, 3.8) is 0 Å². The molecule has 2 aliphatic carbocycles. The molecule has 9 rings (SSSR count). The molecule has 0 saturated heterocycles. The van der Waals surface area contributed by atoms with E-state index < -0.39 is 0 Å². The minimum atomic E-state index is -0.0724. The molecule has 0 spiro atoms. The molecule has 0 fully saturated rings. The molecule has 0 atom stereocenters. The highest BCUT2D eigenvalue weighted by Gasteiger charge is 2.37. The van der Waals surface area contributed by atoms with Crippen LogP contribution < -0.4 is 0 Å². The lowest BCUT2D eigenvalue weighted by molar-refractivity contribution is 0.645. The van der Waals surface area contributed by atoms with E-state index in [1.807, 2.05) is 0 Å². The second-order valence-electron chi connectivity index (χ2n) is 13.0. The molecule has 1 aromatic heterocycles. The predicted molar refractivity (Wildman–Crippen MR) is 173 cm³/mol. The molecule has 1 heterocycles. The molecule has 1 heteroatoms. The molecule has 2 aliphatic rings. The largest absolute Gasteiger partial charge is 0.309 e. The highest BCUT2D eigenvalue weighted by molar-refractivity contribution is 6.23. The van der Waals surface area contributed by atoms with Crippen molar-refractivity contribution < 1.29 is 0 Å². The quantitative estimate of drug-likeness (QED) is 0.201. The van der Waals surface area contributed by atoms with Crippen molar-refractivity contribution in [3.05, 3.63) is 138 Å². The first kappa shape index (κ1) is 23.1. The fourth-order valence-electron chi connectivity index (χ4n) is 8.17. The van der Waals surface area contributed by atoms with Crippen LogP contribution >= 0.6 is 0 Å². The van der Waals surface area contributed by atoms with Gasteiger partial charge in [0.1, 0.15) is 0 Å². The minimum Gasteiger partial charge on any atom is -0.309 e. The van der Waals surface area contributed by atoms with E-state index in [2.05, 4.69) is 148 Å². The monoisotopic (exact) mass is 525 g/mol. The summed E-state index contributed by atoms with van der Waals surface area (Å²) in [5, 5.41) is 5.33. The Morgan fingerprint density at radius 2 is 1.12 bits per heavy atom. The molecule has 41 heavy (non-hydrogen) atoms. The van der Waals surface area contributed by atoms with Gasteiger partial charge in [0.05, 0.1) is 11.0 Å². The standard InChI is InChI=1S/C40H31N/c1-39(2)32-17-9-6-15-29(32)37-36-24(12-11-18-33(36)39)22-30-28-14-7-10-19-35(28)41(38(30)37)25-20-21-27-26-13-5-8-16-31(26)40(3,4)34(27)23-25/h5-23H,1-4H3. The van der Waals surface area contributed by atoms with Crippen molar-refractivity contribution >= 4 is 32.6 Å². The third-order valence-corrected chi connectivity index (χ3v) is 10.2. The first-order valence-electron chi connectivity index (χ1n) is 14.7. The molecule has 1 nitrogen and oxygen atoms in total. The summed E-state index contributed by atoms with van der Waals surface area (Å²) < 4.78 is 2.55. The zero-order valence-electron chi connectivity index (χ0n) is 23.9. The van der Waals surface area contributed by atoms with Crippen LogP contribution in [0.2, 0.25) is 0 Å². The number of rotatable bonds is 1. The molecule has 0 bridgehead atoms. The maximum atomic E-state index is 2.55. The maximum Gasteiger partial charge on any atom is 0.0626 e. The summed E-state index contributed by atoms with van der Waals surface area (Å²) in [5.74, 6) is 0. The molecule has 0 saturated carbocycles. The van der Waals surface area contributed by atoms with Crippen molar-refractivity contribution in [2.45, 2.75) is 38.5 Å². The number of nitrogens with zero attached hydrogens (tertiary/aromatic N) is 1. The number of para-hydroxylation sites is 1. The Hall–Kier alpha value is -4.62. The van der Waals surface area contributed by atoms with E-state index in [9.17, 15) is 0 Å². The average molecular weight is 526 g/mol. The Kier molecular flexibility index (Phi) is 4.26. The van der Waals surface area contributed by atoms with Gasteiger partial charge in [0.2, 0.25) is 0 Å². The smallest absolute Gasteiger partial charge is 0.0626 e. The Labute approximate surface area is 240 Å². The van der Waals surface area contributed by atoms with Crippen molar-refractivity contribution in [1.29, 1.82) is 0 Å². The Morgan fingerprint density at radius 1 is 0.488 bits per heavy atom. The lowest BCUT2D eigenvalue weighted by Gasteiger charge is -2.35. The molecule has 196 valence electrons. The van der Waals surface area contributed by atoms with Crippen LogP contribution in [0.3, 0.4) is 0 Å². The minimum absolute atomic E-state index is 0.0501. The van der Waals surface area contributed by atoms with Crippen LogP contribution in [0.1, 0.15) is 49.9 Å². The van der Waals surface area contributed by atoms with E-state index in [1.54, 1.807) is 0 Å². The van der Waals surface area contributed by atoms with Gasteiger partial charge in [-0.1, -0.05) is 119 Å². The van der Waals surface area contributed by atoms with Gasteiger partial charge in [-0.2, -0.15) is 0 Å². The number of hydrogen-bond donors (Lipinski definition) is 0. The van der Waals surface area contributed by atoms with E-state index >= 15 is 0 Å². The summed E-state index contributed by atoms with van der Waals surface area (Å²) in [6.07, 6.45) is 0. The van der Waals surface area contributed by atoms with Gasteiger partial charge in [-0.15, -0.1) is 0 Å². The SMILES string of the molecule is CC1(C)c2ccccc2-c2ccc(-n3c4ccccc4c4cc5cccc6c5c(c43)-c3ccccc3C6(C)C)cc21. The van der Waals surface area contributed by atoms with Gasteiger partial charge in [-0.25, -0.2) is 0 Å². The first-order valence-corrected chi connectivity index (χ1v) is 14.7. The first-order chi connectivity index (χ1) is 19.9. The van der Waals surface area contributed by atoms with Gasteiger partial charge in [-0.3, -0.25) is 0 Å². The van der Waals surface area contributed by atoms with Crippen LogP contribution in [0, 0.1) is 0 Å². The average Bonchev–Trinajstić information content (AvgIpc) is 3.44. The van der Waals surface area contributed by atoms with Crippen molar-refractivity contribution in [2.24, 2.45) is 0 Å². The van der Waals surface area contributed by atoms with Gasteiger partial charge in [0.15, 0.2) is 0 Å². The fourth-order valence-corrected chi connectivity index (χ4v) is 8.17. The Balaban J connectivity index is 1.47. The summed E-state index contributed by atoms with van der Waals surface area (Å²) in [6, 6.07) is 43.4. The molecule has 7 aromatic rings. The van der Waals surface area contributed by atoms with Crippen LogP contribution in [0.15, 0.2) is 115 Å². The third kappa shape index (κ3) is 2.77. The van der Waals surface area contributed by atoms with Crippen molar-refractivity contribution in [1.82, 2.24) is 4.57 Å². The van der Waals surface area contributed by atoms with E-state index in [-0.39, 0.29) is 10.8 Å². The number of fused-ring (bicyclic) bond motifs is 9. The van der Waals surface area contributed by atoms with Crippen LogP contribution in [0.25, 0.3) is 60.5 Å². The van der Waals surface area contributed by atoms with Gasteiger partial charge in [0.25, 0.3) is 0 Å². The van der Waals surface area contributed by atoms with E-state index in [0.717, 1.165) is 0 Å². The number of aromatic nitrogens is 1. The van der Waals surface area contributed by atoms with Crippen LogP contribution in [-0.2, 0) is 10.8 Å². The molecule has 0 aliphatic heterocycles. The molecular weight excluding hydrogens is 494 g/mol. The fraction of sp³-hybridized carbons (Fsp3) is 0.150. The Morgan fingerprint density at radius 3 is 1.95 bits per heavy atom.